The molecule has 0 spiro atoms. The Balaban J connectivity index is 1.54. The number of hydrogen-bond donors (Lipinski definition) is 0. The maximum atomic E-state index is 4.81. The molecule has 0 heterocycles. The second-order valence-corrected chi connectivity index (χ2v) is 10.6. The lowest BCUT2D eigenvalue weighted by molar-refractivity contribution is 0.298. The van der Waals surface area contributed by atoms with Gasteiger partial charge >= 0.3 is 0 Å². The average molecular weight is 485 g/mol. The maximum absolute atomic E-state index is 4.81. The van der Waals surface area contributed by atoms with Crippen LogP contribution in [-0.4, -0.2) is 11.9 Å². The fraction of sp³-hybridized carbons (Fsp3) is 0.529. The van der Waals surface area contributed by atoms with E-state index in [4.69, 9.17) is 5.10 Å². The van der Waals surface area contributed by atoms with E-state index in [-0.39, 0.29) is 0 Å². The molecule has 0 aromatic heterocycles. The molecule has 2 aromatic carbocycles. The molecular formula is C34H48N2. The Bertz CT molecular complexity index is 902. The van der Waals surface area contributed by atoms with Crippen LogP contribution in [0.15, 0.2) is 77.5 Å². The molecule has 1 saturated carbocycles. The van der Waals surface area contributed by atoms with Crippen LogP contribution in [0.1, 0.15) is 114 Å². The van der Waals surface area contributed by atoms with Crippen molar-refractivity contribution >= 4 is 11.9 Å². The van der Waals surface area contributed by atoms with Crippen molar-refractivity contribution < 1.29 is 0 Å². The molecule has 2 aromatic rings. The third-order valence-corrected chi connectivity index (χ3v) is 7.74. The Morgan fingerprint density at radius 3 is 2.28 bits per heavy atom. The van der Waals surface area contributed by atoms with Gasteiger partial charge in [-0.2, -0.15) is 10.2 Å². The summed E-state index contributed by atoms with van der Waals surface area (Å²) in [6.07, 6.45) is 23.5. The van der Waals surface area contributed by atoms with Gasteiger partial charge < -0.3 is 0 Å². The summed E-state index contributed by atoms with van der Waals surface area (Å²) in [6.45, 7) is 6.10. The van der Waals surface area contributed by atoms with Crippen molar-refractivity contribution in [1.82, 2.24) is 0 Å². The second kappa shape index (κ2) is 17.1. The maximum Gasteiger partial charge on any atom is 0.0733 e. The van der Waals surface area contributed by atoms with E-state index in [0.29, 0.717) is 5.92 Å². The third-order valence-electron chi connectivity index (χ3n) is 7.74. The minimum Gasteiger partial charge on any atom is -0.158 e. The van der Waals surface area contributed by atoms with Gasteiger partial charge in [0.2, 0.25) is 0 Å². The van der Waals surface area contributed by atoms with Crippen molar-refractivity contribution in [2.45, 2.75) is 103 Å². The summed E-state index contributed by atoms with van der Waals surface area (Å²) in [6, 6.07) is 19.5. The number of hydrogen-bond acceptors (Lipinski definition) is 2. The summed E-state index contributed by atoms with van der Waals surface area (Å²) >= 11 is 0. The second-order valence-electron chi connectivity index (χ2n) is 10.6. The summed E-state index contributed by atoms with van der Waals surface area (Å²) in [4.78, 5) is 0. The number of unbranched alkanes of at least 4 members (excludes halogenated alkanes) is 7. The van der Waals surface area contributed by atoms with Crippen LogP contribution >= 0.6 is 0 Å². The molecule has 0 bridgehead atoms. The highest BCUT2D eigenvalue weighted by Crippen LogP contribution is 2.34. The molecule has 36 heavy (non-hydrogen) atoms. The number of benzene rings is 2. The van der Waals surface area contributed by atoms with Crippen LogP contribution in [0.5, 0.6) is 0 Å². The van der Waals surface area contributed by atoms with Crippen molar-refractivity contribution in [3.8, 4) is 0 Å². The lowest BCUT2D eigenvalue weighted by atomic mass is 9.76. The van der Waals surface area contributed by atoms with Gasteiger partial charge in [0.05, 0.1) is 11.9 Å². The minimum absolute atomic E-state index is 0.518. The predicted molar refractivity (Wildman–Crippen MR) is 158 cm³/mol. The van der Waals surface area contributed by atoms with Gasteiger partial charge in [-0.1, -0.05) is 113 Å². The van der Waals surface area contributed by atoms with Crippen molar-refractivity contribution in [3.05, 3.63) is 83.9 Å². The molecule has 1 fully saturated rings. The fourth-order valence-corrected chi connectivity index (χ4v) is 5.47. The van der Waals surface area contributed by atoms with Crippen LogP contribution in [0.25, 0.3) is 0 Å². The van der Waals surface area contributed by atoms with E-state index in [1.165, 1.54) is 100 Å². The first kappa shape index (κ1) is 28.1. The Labute approximate surface area is 221 Å². The summed E-state index contributed by atoms with van der Waals surface area (Å²) in [7, 11) is 0. The molecule has 1 aliphatic rings. The highest BCUT2D eigenvalue weighted by molar-refractivity contribution is 6.02. The fourth-order valence-electron chi connectivity index (χ4n) is 5.47. The quantitative estimate of drug-likeness (QED) is 0.0980. The van der Waals surface area contributed by atoms with Crippen molar-refractivity contribution in [2.75, 3.05) is 0 Å². The number of rotatable bonds is 16. The van der Waals surface area contributed by atoms with E-state index in [1.807, 2.05) is 12.3 Å². The van der Waals surface area contributed by atoms with Crippen molar-refractivity contribution in [2.24, 2.45) is 22.0 Å². The topological polar surface area (TPSA) is 24.7 Å². The zero-order chi connectivity index (χ0) is 25.3. The summed E-state index contributed by atoms with van der Waals surface area (Å²) in [5, 5.41) is 9.38. The van der Waals surface area contributed by atoms with Gasteiger partial charge in [-0.15, -0.1) is 6.58 Å². The molecule has 0 atom stereocenters. The Morgan fingerprint density at radius 2 is 1.56 bits per heavy atom. The molecule has 0 unspecified atom stereocenters. The highest BCUT2D eigenvalue weighted by atomic mass is 15.2. The SMILES string of the molecule is C=CCCCCCc1ccc(C=NN=C(c2ccccc2)C2CCC(CCCCCCC)CC2)cc1. The van der Waals surface area contributed by atoms with Gasteiger partial charge in [0, 0.05) is 5.92 Å². The highest BCUT2D eigenvalue weighted by Gasteiger charge is 2.25. The summed E-state index contributed by atoms with van der Waals surface area (Å²) in [5.74, 6) is 1.42. The molecule has 1 aliphatic carbocycles. The normalized spacial score (nSPS) is 18.5. The van der Waals surface area contributed by atoms with E-state index in [9.17, 15) is 0 Å². The molecule has 0 amide bonds. The Kier molecular flexibility index (Phi) is 13.3. The van der Waals surface area contributed by atoms with Crippen LogP contribution in [0.4, 0.5) is 0 Å². The van der Waals surface area contributed by atoms with Crippen LogP contribution in [0.2, 0.25) is 0 Å². The predicted octanol–water partition coefficient (Wildman–Crippen LogP) is 9.97. The molecule has 194 valence electrons. The monoisotopic (exact) mass is 484 g/mol. The molecular weight excluding hydrogens is 436 g/mol. The minimum atomic E-state index is 0.518. The van der Waals surface area contributed by atoms with Gasteiger partial charge in [-0.05, 0) is 74.0 Å². The van der Waals surface area contributed by atoms with Gasteiger partial charge in [0.25, 0.3) is 0 Å². The van der Waals surface area contributed by atoms with Gasteiger partial charge in [-0.25, -0.2) is 0 Å². The zero-order valence-corrected chi connectivity index (χ0v) is 22.7. The Hall–Kier alpha value is -2.48. The zero-order valence-electron chi connectivity index (χ0n) is 22.7. The van der Waals surface area contributed by atoms with Crippen LogP contribution < -0.4 is 0 Å². The van der Waals surface area contributed by atoms with Crippen LogP contribution in [-0.2, 0) is 6.42 Å². The largest absolute Gasteiger partial charge is 0.158 e. The lowest BCUT2D eigenvalue weighted by Crippen LogP contribution is -2.22. The van der Waals surface area contributed by atoms with E-state index < -0.39 is 0 Å². The van der Waals surface area contributed by atoms with E-state index in [1.54, 1.807) is 0 Å². The molecule has 0 saturated heterocycles. The van der Waals surface area contributed by atoms with Gasteiger partial charge in [0.15, 0.2) is 0 Å². The first-order chi connectivity index (χ1) is 17.8. The van der Waals surface area contributed by atoms with Crippen molar-refractivity contribution in [3.63, 3.8) is 0 Å². The van der Waals surface area contributed by atoms with E-state index in [0.717, 1.165) is 24.3 Å². The smallest absolute Gasteiger partial charge is 0.0733 e. The molecule has 0 aliphatic heterocycles. The Morgan fingerprint density at radius 1 is 0.833 bits per heavy atom. The van der Waals surface area contributed by atoms with Gasteiger partial charge in [-0.3, -0.25) is 0 Å². The van der Waals surface area contributed by atoms with E-state index in [2.05, 4.69) is 73.2 Å². The van der Waals surface area contributed by atoms with Crippen molar-refractivity contribution in [1.29, 1.82) is 0 Å². The molecule has 2 heteroatoms. The number of aryl methyl sites for hydroxylation is 1. The molecule has 3 rings (SSSR count). The number of allylic oxidation sites excluding steroid dienone is 1. The van der Waals surface area contributed by atoms with Crippen LogP contribution in [0, 0.1) is 11.8 Å². The summed E-state index contributed by atoms with van der Waals surface area (Å²) in [5.41, 5.74) is 4.92. The standard InChI is InChI=1S/C34H48N2/c1-3-5-7-9-12-16-29-20-22-31(23-21-29)28-35-36-34(32-18-14-11-15-19-32)33-26-24-30(25-27-33)17-13-10-8-6-4-2/h3,11,14-15,18-23,28,30,33H,1,4-10,12-13,16-17,24-27H2,2H3. The molecule has 0 radical (unpaired) electrons. The van der Waals surface area contributed by atoms with Gasteiger partial charge in [0.1, 0.15) is 0 Å². The van der Waals surface area contributed by atoms with Crippen LogP contribution in [0.3, 0.4) is 0 Å². The first-order valence-electron chi connectivity index (χ1n) is 14.7. The van der Waals surface area contributed by atoms with E-state index >= 15 is 0 Å². The molecule has 0 N–H and O–H groups in total. The molecule has 2 nitrogen and oxygen atoms in total. The average Bonchev–Trinajstić information content (AvgIpc) is 2.93. The third kappa shape index (κ3) is 10.2. The first-order valence-corrected chi connectivity index (χ1v) is 14.7. The summed E-state index contributed by atoms with van der Waals surface area (Å²) < 4.78 is 0. The number of nitrogens with zero attached hydrogens (tertiary/aromatic N) is 2. The lowest BCUT2D eigenvalue weighted by Gasteiger charge is -2.29.